The summed E-state index contributed by atoms with van der Waals surface area (Å²) in [5.74, 6) is -0.881. The lowest BCUT2D eigenvalue weighted by Crippen LogP contribution is -2.19. The van der Waals surface area contributed by atoms with E-state index < -0.39 is 11.2 Å². The molecule has 0 aliphatic rings. The van der Waals surface area contributed by atoms with E-state index in [-0.39, 0.29) is 0 Å². The van der Waals surface area contributed by atoms with Crippen LogP contribution in [0.3, 0.4) is 0 Å². The summed E-state index contributed by atoms with van der Waals surface area (Å²) >= 11 is 7.45. The minimum Gasteiger partial charge on any atom is -0.480 e. The Bertz CT molecular complexity index is 907. The van der Waals surface area contributed by atoms with Crippen LogP contribution in [0.2, 0.25) is 5.02 Å². The normalized spacial score (nSPS) is 12.5. The van der Waals surface area contributed by atoms with E-state index in [1.54, 1.807) is 0 Å². The monoisotopic (exact) mass is 360 g/mol. The van der Waals surface area contributed by atoms with Gasteiger partial charge in [-0.3, -0.25) is 4.79 Å². The SMILES string of the molecule is Cc1ccc(CC(Sc2nc3ccc(C)cc3[nH]2)C(=O)O)c(Cl)c1. The number of benzene rings is 2. The summed E-state index contributed by atoms with van der Waals surface area (Å²) in [5.41, 5.74) is 4.75. The van der Waals surface area contributed by atoms with E-state index in [4.69, 9.17) is 11.6 Å². The number of thioether (sulfide) groups is 1. The fourth-order valence-corrected chi connectivity index (χ4v) is 3.75. The number of rotatable bonds is 5. The van der Waals surface area contributed by atoms with Crippen molar-refractivity contribution in [3.8, 4) is 0 Å². The number of halogens is 1. The predicted octanol–water partition coefficient (Wildman–Crippen LogP) is 4.62. The number of H-pyrrole nitrogens is 1. The van der Waals surface area contributed by atoms with Gasteiger partial charge in [-0.25, -0.2) is 4.98 Å². The van der Waals surface area contributed by atoms with Crippen LogP contribution in [-0.4, -0.2) is 26.3 Å². The van der Waals surface area contributed by atoms with Crippen molar-refractivity contribution in [1.29, 1.82) is 0 Å². The number of aryl methyl sites for hydroxylation is 2. The Morgan fingerprint density at radius 3 is 2.67 bits per heavy atom. The second-order valence-corrected chi connectivity index (χ2v) is 7.40. The molecule has 3 rings (SSSR count). The average Bonchev–Trinajstić information content (AvgIpc) is 2.90. The number of hydrogen-bond acceptors (Lipinski definition) is 3. The second kappa shape index (κ2) is 6.87. The Kier molecular flexibility index (Phi) is 4.83. The van der Waals surface area contributed by atoms with E-state index in [1.165, 1.54) is 11.8 Å². The first kappa shape index (κ1) is 16.9. The van der Waals surface area contributed by atoms with Gasteiger partial charge in [-0.05, 0) is 55.2 Å². The fourth-order valence-electron chi connectivity index (χ4n) is 2.49. The molecule has 124 valence electrons. The van der Waals surface area contributed by atoms with Crippen LogP contribution in [0.15, 0.2) is 41.6 Å². The van der Waals surface area contributed by atoms with E-state index in [1.807, 2.05) is 50.2 Å². The molecular formula is C18H17ClN2O2S. The van der Waals surface area contributed by atoms with Crippen molar-refractivity contribution < 1.29 is 9.90 Å². The fraction of sp³-hybridized carbons (Fsp3) is 0.222. The van der Waals surface area contributed by atoms with Gasteiger partial charge < -0.3 is 10.1 Å². The minimum atomic E-state index is -0.881. The molecule has 0 bridgehead atoms. The van der Waals surface area contributed by atoms with Crippen molar-refractivity contribution in [2.45, 2.75) is 30.7 Å². The van der Waals surface area contributed by atoms with Crippen LogP contribution in [0.4, 0.5) is 0 Å². The molecule has 0 aliphatic heterocycles. The topological polar surface area (TPSA) is 66.0 Å². The Hall–Kier alpha value is -1.98. The van der Waals surface area contributed by atoms with Crippen LogP contribution in [-0.2, 0) is 11.2 Å². The molecule has 0 amide bonds. The van der Waals surface area contributed by atoms with Gasteiger partial charge >= 0.3 is 5.97 Å². The summed E-state index contributed by atoms with van der Waals surface area (Å²) in [6.07, 6.45) is 0.342. The number of aromatic amines is 1. The number of carboxylic acid groups (broad SMARTS) is 1. The Morgan fingerprint density at radius 1 is 1.25 bits per heavy atom. The van der Waals surface area contributed by atoms with Crippen molar-refractivity contribution in [3.63, 3.8) is 0 Å². The first-order chi connectivity index (χ1) is 11.4. The van der Waals surface area contributed by atoms with Gasteiger partial charge in [0.2, 0.25) is 0 Å². The van der Waals surface area contributed by atoms with Crippen molar-refractivity contribution >= 4 is 40.4 Å². The van der Waals surface area contributed by atoms with E-state index in [9.17, 15) is 9.90 Å². The zero-order valence-corrected chi connectivity index (χ0v) is 14.9. The number of carboxylic acids is 1. The van der Waals surface area contributed by atoms with Gasteiger partial charge in [-0.1, -0.05) is 41.6 Å². The molecule has 4 nitrogen and oxygen atoms in total. The maximum atomic E-state index is 11.7. The third-order valence-corrected chi connectivity index (χ3v) is 5.18. The molecule has 1 atom stereocenters. The molecule has 0 saturated heterocycles. The highest BCUT2D eigenvalue weighted by molar-refractivity contribution is 8.00. The molecule has 6 heteroatoms. The van der Waals surface area contributed by atoms with Crippen LogP contribution in [0.25, 0.3) is 11.0 Å². The van der Waals surface area contributed by atoms with Crippen LogP contribution in [0, 0.1) is 13.8 Å². The molecule has 2 N–H and O–H groups in total. The Morgan fingerprint density at radius 2 is 1.96 bits per heavy atom. The molecule has 0 fully saturated rings. The van der Waals surface area contributed by atoms with Gasteiger partial charge in [-0.15, -0.1) is 0 Å². The molecule has 1 unspecified atom stereocenters. The lowest BCUT2D eigenvalue weighted by Gasteiger charge is -2.12. The molecule has 2 aromatic carbocycles. The summed E-state index contributed by atoms with van der Waals surface area (Å²) in [7, 11) is 0. The maximum Gasteiger partial charge on any atom is 0.317 e. The number of aliphatic carboxylic acids is 1. The van der Waals surface area contributed by atoms with Crippen LogP contribution in [0.5, 0.6) is 0 Å². The maximum absolute atomic E-state index is 11.7. The summed E-state index contributed by atoms with van der Waals surface area (Å²) in [4.78, 5) is 19.3. The largest absolute Gasteiger partial charge is 0.480 e. The van der Waals surface area contributed by atoms with Gasteiger partial charge in [0.05, 0.1) is 11.0 Å². The van der Waals surface area contributed by atoms with E-state index >= 15 is 0 Å². The quantitative estimate of drug-likeness (QED) is 0.651. The highest BCUT2D eigenvalue weighted by Gasteiger charge is 2.22. The van der Waals surface area contributed by atoms with Crippen molar-refractivity contribution in [2.24, 2.45) is 0 Å². The zero-order valence-electron chi connectivity index (χ0n) is 13.3. The Labute approximate surface area is 149 Å². The number of hydrogen-bond donors (Lipinski definition) is 2. The van der Waals surface area contributed by atoms with Gasteiger partial charge in [0.15, 0.2) is 5.16 Å². The lowest BCUT2D eigenvalue weighted by atomic mass is 10.1. The van der Waals surface area contributed by atoms with Gasteiger partial charge in [0.25, 0.3) is 0 Å². The molecule has 0 radical (unpaired) electrons. The molecule has 0 aliphatic carbocycles. The lowest BCUT2D eigenvalue weighted by molar-refractivity contribution is -0.136. The highest BCUT2D eigenvalue weighted by Crippen LogP contribution is 2.28. The highest BCUT2D eigenvalue weighted by atomic mass is 35.5. The first-order valence-electron chi connectivity index (χ1n) is 7.53. The summed E-state index contributed by atoms with van der Waals surface area (Å²) in [5, 5.41) is 10.1. The molecular weight excluding hydrogens is 344 g/mol. The van der Waals surface area contributed by atoms with Crippen LogP contribution >= 0.6 is 23.4 Å². The first-order valence-corrected chi connectivity index (χ1v) is 8.79. The molecule has 1 heterocycles. The second-order valence-electron chi connectivity index (χ2n) is 5.81. The third kappa shape index (κ3) is 3.74. The van der Waals surface area contributed by atoms with Crippen molar-refractivity contribution in [1.82, 2.24) is 9.97 Å². The molecule has 0 spiro atoms. The Balaban J connectivity index is 1.83. The predicted molar refractivity (Wildman–Crippen MR) is 98.0 cm³/mol. The number of fused-ring (bicyclic) bond motifs is 1. The number of carbonyl (C=O) groups is 1. The van der Waals surface area contributed by atoms with Crippen LogP contribution in [0.1, 0.15) is 16.7 Å². The van der Waals surface area contributed by atoms with Gasteiger partial charge in [0.1, 0.15) is 5.25 Å². The van der Waals surface area contributed by atoms with Gasteiger partial charge in [-0.2, -0.15) is 0 Å². The molecule has 0 saturated carbocycles. The van der Waals surface area contributed by atoms with E-state index in [0.717, 1.165) is 27.7 Å². The summed E-state index contributed by atoms with van der Waals surface area (Å²) in [6.45, 7) is 3.96. The number of imidazole rings is 1. The zero-order chi connectivity index (χ0) is 17.3. The van der Waals surface area contributed by atoms with Crippen molar-refractivity contribution in [3.05, 3.63) is 58.1 Å². The number of nitrogens with zero attached hydrogens (tertiary/aromatic N) is 1. The molecule has 1 aromatic heterocycles. The third-order valence-electron chi connectivity index (χ3n) is 3.76. The van der Waals surface area contributed by atoms with Crippen molar-refractivity contribution in [2.75, 3.05) is 0 Å². The van der Waals surface area contributed by atoms with Gasteiger partial charge in [0, 0.05) is 5.02 Å². The number of nitrogens with one attached hydrogen (secondary N) is 1. The standard InChI is InChI=1S/C18H17ClN2O2S/c1-10-3-5-12(13(19)7-10)9-16(17(22)23)24-18-20-14-6-4-11(2)8-15(14)21-18/h3-8,16H,9H2,1-2H3,(H,20,21)(H,22,23). The molecule has 3 aromatic rings. The number of aromatic nitrogens is 2. The smallest absolute Gasteiger partial charge is 0.317 e. The van der Waals surface area contributed by atoms with E-state index in [2.05, 4.69) is 9.97 Å². The minimum absolute atomic E-state index is 0.342. The van der Waals surface area contributed by atoms with Crippen LogP contribution < -0.4 is 0 Å². The van der Waals surface area contributed by atoms with E-state index in [0.29, 0.717) is 16.6 Å². The summed E-state index contributed by atoms with van der Waals surface area (Å²) in [6, 6.07) is 11.6. The average molecular weight is 361 g/mol. The molecule has 24 heavy (non-hydrogen) atoms. The summed E-state index contributed by atoms with van der Waals surface area (Å²) < 4.78 is 0.